The molecule has 2 rings (SSSR count). The van der Waals surface area contributed by atoms with Crippen molar-refractivity contribution < 1.29 is 0 Å². The van der Waals surface area contributed by atoms with Crippen LogP contribution in [-0.2, 0) is 13.0 Å². The molecule has 3 heteroatoms. The minimum atomic E-state index is 0.209. The van der Waals surface area contributed by atoms with Crippen LogP contribution in [0.15, 0.2) is 42.6 Å². The average Bonchev–Trinajstić information content (AvgIpc) is 2.45. The van der Waals surface area contributed by atoms with Crippen LogP contribution in [0.3, 0.4) is 0 Å². The van der Waals surface area contributed by atoms with Gasteiger partial charge < -0.3 is 5.32 Å². The summed E-state index contributed by atoms with van der Waals surface area (Å²) in [5, 5.41) is 4.29. The number of pyridine rings is 1. The van der Waals surface area contributed by atoms with Crippen LogP contribution in [0.2, 0.25) is 5.02 Å². The maximum atomic E-state index is 6.20. The van der Waals surface area contributed by atoms with E-state index in [1.807, 2.05) is 30.5 Å². The number of aryl methyl sites for hydroxylation is 1. The van der Waals surface area contributed by atoms with Gasteiger partial charge in [-0.2, -0.15) is 0 Å². The highest BCUT2D eigenvalue weighted by atomic mass is 35.5. The second-order valence-corrected chi connectivity index (χ2v) is 4.99. The molecule has 1 atom stereocenters. The molecule has 0 spiro atoms. The van der Waals surface area contributed by atoms with Crippen molar-refractivity contribution in [2.24, 2.45) is 0 Å². The zero-order valence-electron chi connectivity index (χ0n) is 11.4. The maximum absolute atomic E-state index is 6.20. The van der Waals surface area contributed by atoms with Crippen molar-refractivity contribution >= 4 is 11.6 Å². The van der Waals surface area contributed by atoms with Gasteiger partial charge in [-0.1, -0.05) is 42.8 Å². The number of aromatic nitrogens is 1. The molecular weight excluding hydrogens is 256 g/mol. The van der Waals surface area contributed by atoms with Crippen LogP contribution in [0.4, 0.5) is 0 Å². The molecule has 2 aromatic rings. The third kappa shape index (κ3) is 3.55. The molecule has 1 aromatic heterocycles. The van der Waals surface area contributed by atoms with Gasteiger partial charge in [0.05, 0.1) is 5.69 Å². The minimum Gasteiger partial charge on any atom is -0.305 e. The molecule has 0 bridgehead atoms. The number of hydrogen-bond donors (Lipinski definition) is 1. The van der Waals surface area contributed by atoms with Gasteiger partial charge in [-0.25, -0.2) is 0 Å². The third-order valence-corrected chi connectivity index (χ3v) is 3.66. The van der Waals surface area contributed by atoms with E-state index in [0.717, 1.165) is 29.2 Å². The lowest BCUT2D eigenvalue weighted by Crippen LogP contribution is -2.20. The smallest absolute Gasteiger partial charge is 0.0573 e. The number of nitrogens with zero attached hydrogens (tertiary/aromatic N) is 1. The van der Waals surface area contributed by atoms with E-state index in [2.05, 4.69) is 36.3 Å². The first kappa shape index (κ1) is 14.0. The van der Waals surface area contributed by atoms with Crippen LogP contribution >= 0.6 is 11.6 Å². The van der Waals surface area contributed by atoms with Gasteiger partial charge in [0.15, 0.2) is 0 Å². The Balaban J connectivity index is 2.04. The van der Waals surface area contributed by atoms with Crippen LogP contribution in [0.5, 0.6) is 0 Å². The summed E-state index contributed by atoms with van der Waals surface area (Å²) in [6, 6.07) is 12.3. The summed E-state index contributed by atoms with van der Waals surface area (Å²) >= 11 is 6.20. The van der Waals surface area contributed by atoms with Crippen molar-refractivity contribution in [1.82, 2.24) is 10.3 Å². The Morgan fingerprint density at radius 3 is 2.74 bits per heavy atom. The van der Waals surface area contributed by atoms with Gasteiger partial charge in [0, 0.05) is 23.8 Å². The van der Waals surface area contributed by atoms with Gasteiger partial charge in [-0.15, -0.1) is 0 Å². The lowest BCUT2D eigenvalue weighted by atomic mass is 10.1. The molecule has 1 unspecified atom stereocenters. The van der Waals surface area contributed by atoms with E-state index in [0.29, 0.717) is 0 Å². The van der Waals surface area contributed by atoms with Crippen LogP contribution in [0.25, 0.3) is 0 Å². The fraction of sp³-hybridized carbons (Fsp3) is 0.312. The fourth-order valence-electron chi connectivity index (χ4n) is 2.14. The standard InChI is InChI=1S/C16H19ClN2/c1-3-13-7-6-10-18-16(13)11-19-12(2)14-8-4-5-9-15(14)17/h4-10,12,19H,3,11H2,1-2H3. The van der Waals surface area contributed by atoms with Crippen LogP contribution in [-0.4, -0.2) is 4.98 Å². The van der Waals surface area contributed by atoms with Crippen LogP contribution in [0.1, 0.15) is 36.7 Å². The second-order valence-electron chi connectivity index (χ2n) is 4.59. The van der Waals surface area contributed by atoms with Crippen molar-refractivity contribution in [3.8, 4) is 0 Å². The van der Waals surface area contributed by atoms with Crippen LogP contribution in [0, 0.1) is 0 Å². The summed E-state index contributed by atoms with van der Waals surface area (Å²) in [6.07, 6.45) is 2.85. The molecule has 0 aliphatic carbocycles. The fourth-order valence-corrected chi connectivity index (χ4v) is 2.44. The summed E-state index contributed by atoms with van der Waals surface area (Å²) in [4.78, 5) is 4.44. The van der Waals surface area contributed by atoms with Gasteiger partial charge >= 0.3 is 0 Å². The molecule has 1 N–H and O–H groups in total. The molecule has 0 amide bonds. The van der Waals surface area contributed by atoms with Gasteiger partial charge in [-0.3, -0.25) is 4.98 Å². The Morgan fingerprint density at radius 1 is 1.21 bits per heavy atom. The first-order chi connectivity index (χ1) is 9.22. The number of rotatable bonds is 5. The molecule has 0 aliphatic rings. The monoisotopic (exact) mass is 274 g/mol. The first-order valence-corrected chi connectivity index (χ1v) is 7.00. The van der Waals surface area contributed by atoms with Crippen molar-refractivity contribution in [1.29, 1.82) is 0 Å². The minimum absolute atomic E-state index is 0.209. The van der Waals surface area contributed by atoms with Gasteiger partial charge in [0.1, 0.15) is 0 Å². The molecule has 19 heavy (non-hydrogen) atoms. The number of benzene rings is 1. The van der Waals surface area contributed by atoms with Crippen molar-refractivity contribution in [2.75, 3.05) is 0 Å². The molecule has 1 heterocycles. The lowest BCUT2D eigenvalue weighted by molar-refractivity contribution is 0.565. The van der Waals surface area contributed by atoms with E-state index in [1.54, 1.807) is 0 Å². The van der Waals surface area contributed by atoms with Crippen LogP contribution < -0.4 is 5.32 Å². The average molecular weight is 275 g/mol. The van der Waals surface area contributed by atoms with E-state index in [9.17, 15) is 0 Å². The number of halogens is 1. The molecule has 0 saturated carbocycles. The Labute approximate surface area is 119 Å². The zero-order valence-corrected chi connectivity index (χ0v) is 12.1. The highest BCUT2D eigenvalue weighted by molar-refractivity contribution is 6.31. The molecule has 2 nitrogen and oxygen atoms in total. The highest BCUT2D eigenvalue weighted by Gasteiger charge is 2.09. The van der Waals surface area contributed by atoms with E-state index in [1.165, 1.54) is 5.56 Å². The van der Waals surface area contributed by atoms with E-state index < -0.39 is 0 Å². The highest BCUT2D eigenvalue weighted by Crippen LogP contribution is 2.22. The largest absolute Gasteiger partial charge is 0.305 e. The third-order valence-electron chi connectivity index (χ3n) is 3.31. The molecule has 0 radical (unpaired) electrons. The Kier molecular flexibility index (Phi) is 4.94. The van der Waals surface area contributed by atoms with Crippen molar-refractivity contribution in [2.45, 2.75) is 32.9 Å². The summed E-state index contributed by atoms with van der Waals surface area (Å²) in [5.41, 5.74) is 3.53. The Hall–Kier alpha value is -1.38. The molecule has 1 aromatic carbocycles. The van der Waals surface area contributed by atoms with Crippen molar-refractivity contribution in [3.05, 3.63) is 64.4 Å². The number of hydrogen-bond acceptors (Lipinski definition) is 2. The predicted octanol–water partition coefficient (Wildman–Crippen LogP) is 4.15. The Morgan fingerprint density at radius 2 is 2.00 bits per heavy atom. The lowest BCUT2D eigenvalue weighted by Gasteiger charge is -2.16. The summed E-state index contributed by atoms with van der Waals surface area (Å²) in [6.45, 7) is 5.03. The molecular formula is C16H19ClN2. The van der Waals surface area contributed by atoms with E-state index >= 15 is 0 Å². The summed E-state index contributed by atoms with van der Waals surface area (Å²) in [5.74, 6) is 0. The second kappa shape index (κ2) is 6.69. The van der Waals surface area contributed by atoms with E-state index in [4.69, 9.17) is 11.6 Å². The zero-order chi connectivity index (χ0) is 13.7. The molecule has 0 aliphatic heterocycles. The van der Waals surface area contributed by atoms with Gasteiger partial charge in [0.2, 0.25) is 0 Å². The number of nitrogens with one attached hydrogen (secondary N) is 1. The maximum Gasteiger partial charge on any atom is 0.0573 e. The summed E-state index contributed by atoms with van der Waals surface area (Å²) < 4.78 is 0. The SMILES string of the molecule is CCc1cccnc1CNC(C)c1ccccc1Cl. The van der Waals surface area contributed by atoms with Gasteiger partial charge in [-0.05, 0) is 36.6 Å². The quantitative estimate of drug-likeness (QED) is 0.886. The molecule has 100 valence electrons. The van der Waals surface area contributed by atoms with E-state index in [-0.39, 0.29) is 6.04 Å². The Bertz CT molecular complexity index is 540. The van der Waals surface area contributed by atoms with Gasteiger partial charge in [0.25, 0.3) is 0 Å². The predicted molar refractivity (Wildman–Crippen MR) is 80.3 cm³/mol. The summed E-state index contributed by atoms with van der Waals surface area (Å²) in [7, 11) is 0. The molecule has 0 saturated heterocycles. The molecule has 0 fully saturated rings. The normalized spacial score (nSPS) is 12.4. The van der Waals surface area contributed by atoms with Crippen molar-refractivity contribution in [3.63, 3.8) is 0 Å². The first-order valence-electron chi connectivity index (χ1n) is 6.63. The topological polar surface area (TPSA) is 24.9 Å².